The standard InChI is InChI=1S/C12H19N3/c1-9(2)6-7-15(3)12-5-4-10(13)8-11(12)14/h4-6,14H,7-8,13H2,1-3H3. The van der Waals surface area contributed by atoms with Crippen molar-refractivity contribution >= 4 is 5.71 Å². The average Bonchev–Trinajstić information content (AvgIpc) is 2.14. The van der Waals surface area contributed by atoms with Crippen LogP contribution in [-0.4, -0.2) is 24.2 Å². The molecule has 0 aromatic carbocycles. The van der Waals surface area contributed by atoms with Crippen LogP contribution < -0.4 is 5.73 Å². The third-order valence-corrected chi connectivity index (χ3v) is 2.33. The van der Waals surface area contributed by atoms with Gasteiger partial charge in [0.2, 0.25) is 0 Å². The molecule has 82 valence electrons. The molecular formula is C12H19N3. The lowest BCUT2D eigenvalue weighted by atomic mass is 10.1. The summed E-state index contributed by atoms with van der Waals surface area (Å²) in [5.41, 5.74) is 9.27. The third-order valence-electron chi connectivity index (χ3n) is 2.33. The zero-order chi connectivity index (χ0) is 11.4. The van der Waals surface area contributed by atoms with Crippen LogP contribution in [-0.2, 0) is 0 Å². The van der Waals surface area contributed by atoms with Crippen LogP contribution in [0.1, 0.15) is 20.3 Å². The molecule has 0 amide bonds. The maximum absolute atomic E-state index is 7.84. The van der Waals surface area contributed by atoms with Gasteiger partial charge in [0.05, 0.1) is 11.4 Å². The van der Waals surface area contributed by atoms with Crippen molar-refractivity contribution in [2.45, 2.75) is 20.3 Å². The Balaban J connectivity index is 2.71. The van der Waals surface area contributed by atoms with Gasteiger partial charge in [0.1, 0.15) is 0 Å². The van der Waals surface area contributed by atoms with Crippen molar-refractivity contribution < 1.29 is 0 Å². The number of nitrogens with one attached hydrogen (secondary N) is 1. The molecule has 1 rings (SSSR count). The van der Waals surface area contributed by atoms with Crippen molar-refractivity contribution in [3.05, 3.63) is 35.2 Å². The molecule has 0 fully saturated rings. The van der Waals surface area contributed by atoms with Crippen LogP contribution >= 0.6 is 0 Å². The first-order chi connectivity index (χ1) is 7.00. The highest BCUT2D eigenvalue weighted by molar-refractivity contribution is 5.99. The SMILES string of the molecule is CC(C)=CCN(C)C1=CC=C(N)CC1=N. The largest absolute Gasteiger partial charge is 0.402 e. The van der Waals surface area contributed by atoms with Gasteiger partial charge in [0, 0.05) is 25.7 Å². The first kappa shape index (κ1) is 11.6. The van der Waals surface area contributed by atoms with Gasteiger partial charge in [-0.25, -0.2) is 0 Å². The van der Waals surface area contributed by atoms with E-state index in [4.69, 9.17) is 11.1 Å². The topological polar surface area (TPSA) is 53.1 Å². The molecule has 0 saturated heterocycles. The first-order valence-corrected chi connectivity index (χ1v) is 5.09. The molecule has 15 heavy (non-hydrogen) atoms. The number of nitrogens with zero attached hydrogens (tertiary/aromatic N) is 1. The van der Waals surface area contributed by atoms with Crippen LogP contribution in [0, 0.1) is 5.41 Å². The van der Waals surface area contributed by atoms with E-state index in [0.717, 1.165) is 17.9 Å². The predicted octanol–water partition coefficient (Wildman–Crippen LogP) is 2.03. The molecule has 0 unspecified atom stereocenters. The van der Waals surface area contributed by atoms with Crippen LogP contribution in [0.4, 0.5) is 0 Å². The van der Waals surface area contributed by atoms with Crippen LogP contribution in [0.2, 0.25) is 0 Å². The number of hydrogen-bond acceptors (Lipinski definition) is 3. The quantitative estimate of drug-likeness (QED) is 0.693. The molecule has 0 heterocycles. The summed E-state index contributed by atoms with van der Waals surface area (Å²) in [6.45, 7) is 4.99. The zero-order valence-corrected chi connectivity index (χ0v) is 9.67. The van der Waals surface area contributed by atoms with Crippen LogP contribution in [0.5, 0.6) is 0 Å². The number of nitrogens with two attached hydrogens (primary N) is 1. The Morgan fingerprint density at radius 2 is 2.20 bits per heavy atom. The number of likely N-dealkylation sites (N-methyl/N-ethyl adjacent to an activating group) is 1. The zero-order valence-electron chi connectivity index (χ0n) is 9.67. The van der Waals surface area contributed by atoms with E-state index >= 15 is 0 Å². The minimum atomic E-state index is 0.561. The van der Waals surface area contributed by atoms with Crippen molar-refractivity contribution in [2.24, 2.45) is 5.73 Å². The number of rotatable bonds is 3. The van der Waals surface area contributed by atoms with E-state index in [0.29, 0.717) is 12.1 Å². The minimum Gasteiger partial charge on any atom is -0.402 e. The first-order valence-electron chi connectivity index (χ1n) is 5.09. The molecule has 3 N–H and O–H groups in total. The lowest BCUT2D eigenvalue weighted by molar-refractivity contribution is 0.484. The summed E-state index contributed by atoms with van der Waals surface area (Å²) in [4.78, 5) is 2.07. The highest BCUT2D eigenvalue weighted by Gasteiger charge is 2.13. The van der Waals surface area contributed by atoms with E-state index in [1.165, 1.54) is 5.57 Å². The molecule has 1 aliphatic rings. The maximum atomic E-state index is 7.84. The van der Waals surface area contributed by atoms with E-state index in [1.807, 2.05) is 19.2 Å². The molecule has 3 heteroatoms. The monoisotopic (exact) mass is 205 g/mol. The van der Waals surface area contributed by atoms with Gasteiger partial charge in [-0.3, -0.25) is 0 Å². The second-order valence-corrected chi connectivity index (χ2v) is 4.11. The van der Waals surface area contributed by atoms with Gasteiger partial charge in [-0.15, -0.1) is 0 Å². The second kappa shape index (κ2) is 4.82. The third kappa shape index (κ3) is 3.27. The summed E-state index contributed by atoms with van der Waals surface area (Å²) >= 11 is 0. The van der Waals surface area contributed by atoms with Crippen molar-refractivity contribution in [1.29, 1.82) is 5.41 Å². The molecule has 0 aromatic heterocycles. The molecule has 0 saturated carbocycles. The number of allylic oxidation sites excluding steroid dienone is 5. The van der Waals surface area contributed by atoms with Crippen molar-refractivity contribution in [3.8, 4) is 0 Å². The lowest BCUT2D eigenvalue weighted by Crippen LogP contribution is -2.26. The van der Waals surface area contributed by atoms with Gasteiger partial charge in [-0.05, 0) is 26.0 Å². The van der Waals surface area contributed by atoms with Crippen molar-refractivity contribution in [1.82, 2.24) is 4.90 Å². The van der Waals surface area contributed by atoms with E-state index in [1.54, 1.807) is 0 Å². The van der Waals surface area contributed by atoms with Gasteiger partial charge in [0.25, 0.3) is 0 Å². The van der Waals surface area contributed by atoms with Gasteiger partial charge in [-0.1, -0.05) is 11.6 Å². The normalized spacial score (nSPS) is 15.5. The Bertz CT molecular complexity index is 344. The summed E-state index contributed by atoms with van der Waals surface area (Å²) in [7, 11) is 2.00. The lowest BCUT2D eigenvalue weighted by Gasteiger charge is -2.24. The van der Waals surface area contributed by atoms with Crippen LogP contribution in [0.25, 0.3) is 0 Å². The predicted molar refractivity (Wildman–Crippen MR) is 64.8 cm³/mol. The van der Waals surface area contributed by atoms with Gasteiger partial charge in [-0.2, -0.15) is 0 Å². The second-order valence-electron chi connectivity index (χ2n) is 4.11. The van der Waals surface area contributed by atoms with Crippen LogP contribution in [0.3, 0.4) is 0 Å². The molecule has 0 atom stereocenters. The van der Waals surface area contributed by atoms with Crippen molar-refractivity contribution in [3.63, 3.8) is 0 Å². The Hall–Kier alpha value is -1.51. The fraction of sp³-hybridized carbons (Fsp3) is 0.417. The molecule has 0 bridgehead atoms. The van der Waals surface area contributed by atoms with E-state index < -0.39 is 0 Å². The summed E-state index contributed by atoms with van der Waals surface area (Å²) in [5.74, 6) is 0. The Kier molecular flexibility index (Phi) is 3.72. The Labute approximate surface area is 91.5 Å². The fourth-order valence-corrected chi connectivity index (χ4v) is 1.42. The molecular weight excluding hydrogens is 186 g/mol. The molecule has 0 aliphatic heterocycles. The van der Waals surface area contributed by atoms with Crippen molar-refractivity contribution in [2.75, 3.05) is 13.6 Å². The fourth-order valence-electron chi connectivity index (χ4n) is 1.42. The van der Waals surface area contributed by atoms with E-state index in [-0.39, 0.29) is 0 Å². The smallest absolute Gasteiger partial charge is 0.0605 e. The molecule has 0 radical (unpaired) electrons. The Morgan fingerprint density at radius 3 is 2.73 bits per heavy atom. The maximum Gasteiger partial charge on any atom is 0.0605 e. The summed E-state index contributed by atoms with van der Waals surface area (Å²) in [5, 5.41) is 7.84. The average molecular weight is 205 g/mol. The number of hydrogen-bond donors (Lipinski definition) is 2. The van der Waals surface area contributed by atoms with Gasteiger partial charge < -0.3 is 16.0 Å². The molecule has 1 aliphatic carbocycles. The van der Waals surface area contributed by atoms with Gasteiger partial charge >= 0.3 is 0 Å². The highest BCUT2D eigenvalue weighted by atomic mass is 15.1. The minimum absolute atomic E-state index is 0.561. The molecule has 3 nitrogen and oxygen atoms in total. The van der Waals surface area contributed by atoms with Crippen LogP contribution in [0.15, 0.2) is 35.2 Å². The summed E-state index contributed by atoms with van der Waals surface area (Å²) < 4.78 is 0. The molecule has 0 aromatic rings. The van der Waals surface area contributed by atoms with E-state index in [9.17, 15) is 0 Å². The van der Waals surface area contributed by atoms with Gasteiger partial charge in [0.15, 0.2) is 0 Å². The summed E-state index contributed by atoms with van der Waals surface area (Å²) in [6.07, 6.45) is 6.51. The van der Waals surface area contributed by atoms with E-state index in [2.05, 4.69) is 24.8 Å². The highest BCUT2D eigenvalue weighted by Crippen LogP contribution is 2.14. The molecule has 0 spiro atoms. The Morgan fingerprint density at radius 1 is 1.53 bits per heavy atom. The summed E-state index contributed by atoms with van der Waals surface area (Å²) in [6, 6.07) is 0.